The molecule has 1 amide bonds. The van der Waals surface area contributed by atoms with Crippen molar-refractivity contribution < 1.29 is 17.6 Å². The van der Waals surface area contributed by atoms with Crippen LogP contribution in [-0.2, 0) is 10.0 Å². The van der Waals surface area contributed by atoms with Gasteiger partial charge in [0.05, 0.1) is 22.3 Å². The number of hydrogen-bond donors (Lipinski definition) is 2. The lowest BCUT2D eigenvalue weighted by Gasteiger charge is -2.10. The molecular weight excluding hydrogens is 369 g/mol. The maximum Gasteiger partial charge on any atom is 0.261 e. The van der Waals surface area contributed by atoms with Gasteiger partial charge < -0.3 is 5.32 Å². The van der Waals surface area contributed by atoms with Gasteiger partial charge in [-0.25, -0.2) is 12.8 Å². The number of sulfonamides is 1. The average molecular weight is 385 g/mol. The van der Waals surface area contributed by atoms with Gasteiger partial charge in [-0.2, -0.15) is 0 Å². The number of aromatic nitrogens is 1. The number of pyridine rings is 1. The highest BCUT2D eigenvalue weighted by molar-refractivity contribution is 7.92. The zero-order chi connectivity index (χ0) is 19.4. The molecule has 0 spiro atoms. The number of rotatable bonds is 5. The van der Waals surface area contributed by atoms with Gasteiger partial charge in [0.15, 0.2) is 0 Å². The van der Waals surface area contributed by atoms with Crippen molar-refractivity contribution in [2.45, 2.75) is 11.8 Å². The number of anilines is 2. The normalized spacial score (nSPS) is 11.0. The summed E-state index contributed by atoms with van der Waals surface area (Å²) in [6, 6.07) is 13.0. The molecule has 0 saturated heterocycles. The van der Waals surface area contributed by atoms with Crippen LogP contribution in [0.2, 0.25) is 0 Å². The van der Waals surface area contributed by atoms with Gasteiger partial charge in [-0.1, -0.05) is 17.7 Å². The fraction of sp³-hybridized carbons (Fsp3) is 0.0526. The Morgan fingerprint density at radius 3 is 2.30 bits per heavy atom. The van der Waals surface area contributed by atoms with Crippen LogP contribution in [0.25, 0.3) is 0 Å². The van der Waals surface area contributed by atoms with E-state index in [-0.39, 0.29) is 16.1 Å². The van der Waals surface area contributed by atoms with Gasteiger partial charge in [-0.05, 0) is 49.4 Å². The number of aryl methyl sites for hydroxylation is 1. The standard InChI is InChI=1S/C19H16FN3O3S/c1-13-2-8-18(9-3-13)27(25,26)23-17-10-14(11-21-12-17)19(24)22-16-6-4-15(20)5-7-16/h2-12,23H,1H3,(H,22,24). The van der Waals surface area contributed by atoms with Crippen molar-refractivity contribution in [3.05, 3.63) is 83.9 Å². The molecular formula is C19H16FN3O3S. The molecule has 1 heterocycles. The summed E-state index contributed by atoms with van der Waals surface area (Å²) >= 11 is 0. The fourth-order valence-corrected chi connectivity index (χ4v) is 3.32. The zero-order valence-corrected chi connectivity index (χ0v) is 15.1. The number of halogens is 1. The van der Waals surface area contributed by atoms with Crippen molar-refractivity contribution >= 4 is 27.3 Å². The summed E-state index contributed by atoms with van der Waals surface area (Å²) in [6.45, 7) is 1.86. The molecule has 1 aromatic heterocycles. The number of hydrogen-bond acceptors (Lipinski definition) is 4. The van der Waals surface area contributed by atoms with Crippen LogP contribution < -0.4 is 10.0 Å². The van der Waals surface area contributed by atoms with E-state index in [1.807, 2.05) is 6.92 Å². The third kappa shape index (κ3) is 4.68. The lowest BCUT2D eigenvalue weighted by molar-refractivity contribution is 0.102. The van der Waals surface area contributed by atoms with Crippen molar-refractivity contribution in [2.24, 2.45) is 0 Å². The van der Waals surface area contributed by atoms with Crippen molar-refractivity contribution in [1.29, 1.82) is 0 Å². The van der Waals surface area contributed by atoms with Gasteiger partial charge in [0.25, 0.3) is 15.9 Å². The van der Waals surface area contributed by atoms with Gasteiger partial charge in [-0.15, -0.1) is 0 Å². The monoisotopic (exact) mass is 385 g/mol. The smallest absolute Gasteiger partial charge is 0.261 e. The number of nitrogens with zero attached hydrogens (tertiary/aromatic N) is 1. The fourth-order valence-electron chi connectivity index (χ4n) is 2.29. The second-order valence-electron chi connectivity index (χ2n) is 5.84. The maximum absolute atomic E-state index is 12.9. The third-order valence-electron chi connectivity index (χ3n) is 3.69. The highest BCUT2D eigenvalue weighted by Gasteiger charge is 2.15. The highest BCUT2D eigenvalue weighted by atomic mass is 32.2. The van der Waals surface area contributed by atoms with E-state index in [9.17, 15) is 17.6 Å². The van der Waals surface area contributed by atoms with Gasteiger partial charge in [-0.3, -0.25) is 14.5 Å². The molecule has 0 bridgehead atoms. The predicted octanol–water partition coefficient (Wildman–Crippen LogP) is 3.58. The number of amides is 1. The number of carbonyl (C=O) groups excluding carboxylic acids is 1. The molecule has 8 heteroatoms. The molecule has 0 radical (unpaired) electrons. The zero-order valence-electron chi connectivity index (χ0n) is 14.3. The number of carbonyl (C=O) groups is 1. The lowest BCUT2D eigenvalue weighted by Crippen LogP contribution is -2.15. The van der Waals surface area contributed by atoms with Crippen LogP contribution in [0.4, 0.5) is 15.8 Å². The SMILES string of the molecule is Cc1ccc(S(=O)(=O)Nc2cncc(C(=O)Nc3ccc(F)cc3)c2)cc1. The highest BCUT2D eigenvalue weighted by Crippen LogP contribution is 2.18. The van der Waals surface area contributed by atoms with Gasteiger partial charge >= 0.3 is 0 Å². The molecule has 138 valence electrons. The summed E-state index contributed by atoms with van der Waals surface area (Å²) in [5.41, 5.74) is 1.66. The summed E-state index contributed by atoms with van der Waals surface area (Å²) in [7, 11) is -3.80. The summed E-state index contributed by atoms with van der Waals surface area (Å²) in [5.74, 6) is -0.910. The van der Waals surface area contributed by atoms with Crippen molar-refractivity contribution in [3.63, 3.8) is 0 Å². The molecule has 0 aliphatic carbocycles. The Labute approximate surface area is 156 Å². The molecule has 2 aromatic carbocycles. The van der Waals surface area contributed by atoms with Crippen LogP contribution in [0.15, 0.2) is 71.9 Å². The lowest BCUT2D eigenvalue weighted by atomic mass is 10.2. The maximum atomic E-state index is 12.9. The van der Waals surface area contributed by atoms with Crippen LogP contribution in [0.5, 0.6) is 0 Å². The Kier molecular flexibility index (Phi) is 5.18. The van der Waals surface area contributed by atoms with Gasteiger partial charge in [0, 0.05) is 11.9 Å². The first-order valence-electron chi connectivity index (χ1n) is 7.95. The van der Waals surface area contributed by atoms with Crippen molar-refractivity contribution in [1.82, 2.24) is 4.98 Å². The van der Waals surface area contributed by atoms with Crippen LogP contribution in [-0.4, -0.2) is 19.3 Å². The van der Waals surface area contributed by atoms with Crippen LogP contribution in [0.1, 0.15) is 15.9 Å². The molecule has 0 aliphatic rings. The van der Waals surface area contributed by atoms with Crippen LogP contribution >= 0.6 is 0 Å². The molecule has 0 unspecified atom stereocenters. The summed E-state index contributed by atoms with van der Waals surface area (Å²) in [5, 5.41) is 2.59. The molecule has 27 heavy (non-hydrogen) atoms. The van der Waals surface area contributed by atoms with E-state index < -0.39 is 21.7 Å². The summed E-state index contributed by atoms with van der Waals surface area (Å²) in [6.07, 6.45) is 2.61. The van der Waals surface area contributed by atoms with Crippen LogP contribution in [0, 0.1) is 12.7 Å². The molecule has 2 N–H and O–H groups in total. The van der Waals surface area contributed by atoms with E-state index in [2.05, 4.69) is 15.0 Å². The minimum Gasteiger partial charge on any atom is -0.322 e. The summed E-state index contributed by atoms with van der Waals surface area (Å²) in [4.78, 5) is 16.3. The Hall–Kier alpha value is -3.26. The van der Waals surface area contributed by atoms with Gasteiger partial charge in [0.2, 0.25) is 0 Å². The molecule has 6 nitrogen and oxygen atoms in total. The van der Waals surface area contributed by atoms with Crippen LogP contribution in [0.3, 0.4) is 0 Å². The minimum absolute atomic E-state index is 0.106. The Balaban J connectivity index is 1.77. The van der Waals surface area contributed by atoms with E-state index in [1.165, 1.54) is 54.9 Å². The first kappa shape index (κ1) is 18.5. The van der Waals surface area contributed by atoms with Crippen molar-refractivity contribution in [2.75, 3.05) is 10.0 Å². The Morgan fingerprint density at radius 2 is 1.63 bits per heavy atom. The van der Waals surface area contributed by atoms with Crippen molar-refractivity contribution in [3.8, 4) is 0 Å². The number of benzene rings is 2. The molecule has 3 aromatic rings. The quantitative estimate of drug-likeness (QED) is 0.703. The number of nitrogens with one attached hydrogen (secondary N) is 2. The van der Waals surface area contributed by atoms with E-state index >= 15 is 0 Å². The second kappa shape index (κ2) is 7.55. The molecule has 0 aliphatic heterocycles. The first-order chi connectivity index (χ1) is 12.8. The molecule has 3 rings (SSSR count). The largest absolute Gasteiger partial charge is 0.322 e. The Bertz CT molecular complexity index is 1070. The van der Waals surface area contributed by atoms with E-state index in [0.717, 1.165) is 5.56 Å². The summed E-state index contributed by atoms with van der Waals surface area (Å²) < 4.78 is 40.2. The van der Waals surface area contributed by atoms with E-state index in [0.29, 0.717) is 5.69 Å². The second-order valence-corrected chi connectivity index (χ2v) is 7.52. The Morgan fingerprint density at radius 1 is 0.963 bits per heavy atom. The third-order valence-corrected chi connectivity index (χ3v) is 5.08. The predicted molar refractivity (Wildman–Crippen MR) is 101 cm³/mol. The average Bonchev–Trinajstić information content (AvgIpc) is 2.64. The molecule has 0 fully saturated rings. The minimum atomic E-state index is -3.80. The topological polar surface area (TPSA) is 88.2 Å². The van der Waals surface area contributed by atoms with E-state index in [4.69, 9.17) is 0 Å². The molecule has 0 atom stereocenters. The first-order valence-corrected chi connectivity index (χ1v) is 9.43. The molecule has 0 saturated carbocycles. The van der Waals surface area contributed by atoms with E-state index in [1.54, 1.807) is 12.1 Å². The van der Waals surface area contributed by atoms with Gasteiger partial charge in [0.1, 0.15) is 5.82 Å².